The minimum absolute atomic E-state index is 0.392. The van der Waals surface area contributed by atoms with Crippen molar-refractivity contribution in [2.75, 3.05) is 0 Å². The van der Waals surface area contributed by atoms with E-state index in [1.165, 1.54) is 6.33 Å². The summed E-state index contributed by atoms with van der Waals surface area (Å²) in [6.45, 7) is 2.42. The molecule has 2 N–H and O–H groups in total. The normalized spacial score (nSPS) is 12.9. The molecule has 1 unspecified atom stereocenters. The highest BCUT2D eigenvalue weighted by molar-refractivity contribution is 5.83. The summed E-state index contributed by atoms with van der Waals surface area (Å²) in [4.78, 5) is 7.46. The van der Waals surface area contributed by atoms with Gasteiger partial charge in [0.1, 0.15) is 6.33 Å². The zero-order valence-electron chi connectivity index (χ0n) is 10.7. The predicted molar refractivity (Wildman–Crippen MR) is 73.6 cm³/mol. The molecule has 0 aliphatic carbocycles. The van der Waals surface area contributed by atoms with Crippen LogP contribution < -0.4 is 0 Å². The molecule has 0 aliphatic heterocycles. The van der Waals surface area contributed by atoms with Crippen LogP contribution in [0.15, 0.2) is 36.8 Å². The molecule has 0 saturated heterocycles. The zero-order valence-corrected chi connectivity index (χ0v) is 10.7. The largest absolute Gasteiger partial charge is 0.391 e. The topological polar surface area (TPSA) is 66.7 Å². The number of nitrogens with one attached hydrogen (secondary N) is 1. The lowest BCUT2D eigenvalue weighted by Gasteiger charge is -2.10. The molecule has 0 radical (unpaired) electrons. The Bertz CT molecular complexity index is 685. The number of rotatable bonds is 4. The number of nitrogens with zero attached hydrogens (tertiary/aromatic N) is 3. The van der Waals surface area contributed by atoms with Crippen LogP contribution >= 0.6 is 0 Å². The van der Waals surface area contributed by atoms with Gasteiger partial charge in [-0.2, -0.15) is 5.10 Å². The third-order valence-corrected chi connectivity index (χ3v) is 3.28. The number of hydrogen-bond donors (Lipinski definition) is 2. The van der Waals surface area contributed by atoms with Crippen LogP contribution in [0.5, 0.6) is 0 Å². The number of aliphatic hydroxyl groups is 1. The summed E-state index contributed by atoms with van der Waals surface area (Å²) in [6, 6.07) is 8.14. The van der Waals surface area contributed by atoms with Crippen LogP contribution in [0.3, 0.4) is 0 Å². The lowest BCUT2D eigenvalue weighted by molar-refractivity contribution is 0.146. The van der Waals surface area contributed by atoms with E-state index in [-0.39, 0.29) is 0 Å². The second-order valence-electron chi connectivity index (χ2n) is 4.61. The highest BCUT2D eigenvalue weighted by Gasteiger charge is 2.11. The average Bonchev–Trinajstić information content (AvgIpc) is 3.05. The SMILES string of the molecule is CCC(O)Cn1ncnc1-c1ccc2[nH]ccc2c1. The maximum absolute atomic E-state index is 9.75. The number of H-pyrrole nitrogens is 1. The second-order valence-corrected chi connectivity index (χ2v) is 4.61. The van der Waals surface area contributed by atoms with Gasteiger partial charge in [-0.25, -0.2) is 9.67 Å². The Balaban J connectivity index is 1.99. The Hall–Kier alpha value is -2.14. The smallest absolute Gasteiger partial charge is 0.158 e. The Morgan fingerprint density at radius 2 is 2.26 bits per heavy atom. The second kappa shape index (κ2) is 4.85. The van der Waals surface area contributed by atoms with Crippen molar-refractivity contribution in [3.8, 4) is 11.4 Å². The van der Waals surface area contributed by atoms with Gasteiger partial charge in [-0.3, -0.25) is 0 Å². The quantitative estimate of drug-likeness (QED) is 0.752. The van der Waals surface area contributed by atoms with Crippen LogP contribution in [0.25, 0.3) is 22.3 Å². The number of aromatic amines is 1. The molecule has 3 aromatic rings. The fourth-order valence-corrected chi connectivity index (χ4v) is 2.14. The minimum Gasteiger partial charge on any atom is -0.391 e. The van der Waals surface area contributed by atoms with Gasteiger partial charge in [0.25, 0.3) is 0 Å². The molecule has 0 saturated carbocycles. The Morgan fingerprint density at radius 3 is 3.11 bits per heavy atom. The average molecular weight is 256 g/mol. The number of aliphatic hydroxyl groups excluding tert-OH is 1. The first-order valence-electron chi connectivity index (χ1n) is 6.41. The van der Waals surface area contributed by atoms with Crippen LogP contribution in [-0.4, -0.2) is 31.0 Å². The summed E-state index contributed by atoms with van der Waals surface area (Å²) in [5.74, 6) is 0.788. The molecule has 0 aliphatic rings. The molecule has 98 valence electrons. The first-order valence-corrected chi connectivity index (χ1v) is 6.41. The van der Waals surface area contributed by atoms with Crippen molar-refractivity contribution in [2.45, 2.75) is 26.0 Å². The Morgan fingerprint density at radius 1 is 1.37 bits per heavy atom. The third-order valence-electron chi connectivity index (χ3n) is 3.28. The number of benzene rings is 1. The molecule has 0 fully saturated rings. The molecule has 0 spiro atoms. The van der Waals surface area contributed by atoms with Gasteiger partial charge in [0, 0.05) is 22.7 Å². The fourth-order valence-electron chi connectivity index (χ4n) is 2.14. The van der Waals surface area contributed by atoms with E-state index in [1.54, 1.807) is 4.68 Å². The Kier molecular flexibility index (Phi) is 3.05. The van der Waals surface area contributed by atoms with Crippen LogP contribution in [-0.2, 0) is 6.54 Å². The molecule has 3 rings (SSSR count). The van der Waals surface area contributed by atoms with Crippen molar-refractivity contribution in [2.24, 2.45) is 0 Å². The van der Waals surface area contributed by atoms with Gasteiger partial charge in [-0.15, -0.1) is 0 Å². The molecule has 19 heavy (non-hydrogen) atoms. The summed E-state index contributed by atoms with van der Waals surface area (Å²) < 4.78 is 1.75. The molecular weight excluding hydrogens is 240 g/mol. The van der Waals surface area contributed by atoms with Crippen LogP contribution in [0, 0.1) is 0 Å². The van der Waals surface area contributed by atoms with E-state index < -0.39 is 6.10 Å². The number of aromatic nitrogens is 4. The zero-order chi connectivity index (χ0) is 13.2. The number of fused-ring (bicyclic) bond motifs is 1. The molecule has 1 aromatic carbocycles. The van der Waals surface area contributed by atoms with Gasteiger partial charge < -0.3 is 10.1 Å². The summed E-state index contributed by atoms with van der Waals surface area (Å²) >= 11 is 0. The van der Waals surface area contributed by atoms with E-state index in [0.717, 1.165) is 22.3 Å². The van der Waals surface area contributed by atoms with Gasteiger partial charge in [-0.1, -0.05) is 6.92 Å². The molecule has 0 amide bonds. The van der Waals surface area contributed by atoms with Crippen LogP contribution in [0.4, 0.5) is 0 Å². The van der Waals surface area contributed by atoms with Gasteiger partial charge in [0.2, 0.25) is 0 Å². The lowest BCUT2D eigenvalue weighted by atomic mass is 10.1. The maximum atomic E-state index is 9.75. The van der Waals surface area contributed by atoms with Gasteiger partial charge >= 0.3 is 0 Å². The monoisotopic (exact) mass is 256 g/mol. The summed E-state index contributed by atoms with van der Waals surface area (Å²) in [7, 11) is 0. The molecule has 2 heterocycles. The van der Waals surface area contributed by atoms with Crippen LogP contribution in [0.1, 0.15) is 13.3 Å². The van der Waals surface area contributed by atoms with E-state index in [2.05, 4.69) is 21.1 Å². The van der Waals surface area contributed by atoms with E-state index in [0.29, 0.717) is 13.0 Å². The van der Waals surface area contributed by atoms with E-state index in [1.807, 2.05) is 31.3 Å². The van der Waals surface area contributed by atoms with Crippen molar-refractivity contribution >= 4 is 10.9 Å². The van der Waals surface area contributed by atoms with Crippen molar-refractivity contribution in [1.29, 1.82) is 0 Å². The highest BCUT2D eigenvalue weighted by Crippen LogP contribution is 2.22. The molecule has 2 aromatic heterocycles. The van der Waals surface area contributed by atoms with Crippen molar-refractivity contribution in [1.82, 2.24) is 19.7 Å². The van der Waals surface area contributed by atoms with Crippen LogP contribution in [0.2, 0.25) is 0 Å². The van der Waals surface area contributed by atoms with Crippen molar-refractivity contribution in [3.05, 3.63) is 36.8 Å². The molecule has 5 nitrogen and oxygen atoms in total. The Labute approximate surface area is 110 Å². The molecule has 1 atom stereocenters. The lowest BCUT2D eigenvalue weighted by Crippen LogP contribution is -2.16. The van der Waals surface area contributed by atoms with Gasteiger partial charge in [0.15, 0.2) is 5.82 Å². The summed E-state index contributed by atoms with van der Waals surface area (Å²) in [5, 5.41) is 15.1. The van der Waals surface area contributed by atoms with Crippen molar-refractivity contribution < 1.29 is 5.11 Å². The summed E-state index contributed by atoms with van der Waals surface area (Å²) in [5.41, 5.74) is 2.11. The summed E-state index contributed by atoms with van der Waals surface area (Å²) in [6.07, 6.45) is 3.76. The van der Waals surface area contributed by atoms with E-state index >= 15 is 0 Å². The maximum Gasteiger partial charge on any atom is 0.158 e. The van der Waals surface area contributed by atoms with Gasteiger partial charge in [-0.05, 0) is 30.7 Å². The standard InChI is InChI=1S/C14H16N4O/c1-2-12(19)8-18-14(16-9-17-18)11-3-4-13-10(7-11)5-6-15-13/h3-7,9,12,15,19H,2,8H2,1H3. The van der Waals surface area contributed by atoms with E-state index in [9.17, 15) is 5.11 Å². The molecular formula is C14H16N4O. The highest BCUT2D eigenvalue weighted by atomic mass is 16.3. The number of hydrogen-bond acceptors (Lipinski definition) is 3. The molecule has 0 bridgehead atoms. The minimum atomic E-state index is -0.392. The predicted octanol–water partition coefficient (Wildman–Crippen LogP) is 2.20. The third kappa shape index (κ3) is 2.24. The molecule has 5 heteroatoms. The first kappa shape index (κ1) is 11.9. The fraction of sp³-hybridized carbons (Fsp3) is 0.286. The van der Waals surface area contributed by atoms with Gasteiger partial charge in [0.05, 0.1) is 12.6 Å². The first-order chi connectivity index (χ1) is 9.28. The van der Waals surface area contributed by atoms with Crippen molar-refractivity contribution in [3.63, 3.8) is 0 Å². The van der Waals surface area contributed by atoms with E-state index in [4.69, 9.17) is 0 Å².